The maximum absolute atomic E-state index is 12.7. The van der Waals surface area contributed by atoms with Gasteiger partial charge in [-0.3, -0.25) is 4.98 Å². The molecule has 0 saturated heterocycles. The van der Waals surface area contributed by atoms with Crippen LogP contribution in [0, 0.1) is 11.5 Å². The van der Waals surface area contributed by atoms with E-state index in [2.05, 4.69) is 9.35 Å². The third-order valence-electron chi connectivity index (χ3n) is 2.24. The van der Waals surface area contributed by atoms with Crippen molar-refractivity contribution in [3.8, 4) is 6.19 Å². The van der Waals surface area contributed by atoms with Gasteiger partial charge in [0.15, 0.2) is 0 Å². The van der Waals surface area contributed by atoms with E-state index in [1.165, 1.54) is 18.3 Å². The zero-order valence-corrected chi connectivity index (χ0v) is 10.8. The summed E-state index contributed by atoms with van der Waals surface area (Å²) < 4.78 is 29.1. The quantitative estimate of drug-likeness (QED) is 0.628. The van der Waals surface area contributed by atoms with Crippen LogP contribution in [0.4, 0.5) is 8.78 Å². The molecule has 3 nitrogen and oxygen atoms in total. The number of pyridine rings is 1. The highest BCUT2D eigenvalue weighted by molar-refractivity contribution is 7.86. The van der Waals surface area contributed by atoms with Gasteiger partial charge < -0.3 is 0 Å². The van der Waals surface area contributed by atoms with Crippen molar-refractivity contribution in [1.82, 2.24) is 4.98 Å². The largest absolute Gasteiger partial charge is 0.364 e. The van der Waals surface area contributed by atoms with Gasteiger partial charge in [-0.15, -0.1) is 0 Å². The van der Waals surface area contributed by atoms with Crippen molar-refractivity contribution in [3.05, 3.63) is 29.6 Å². The van der Waals surface area contributed by atoms with Crippen molar-refractivity contribution in [2.24, 2.45) is 4.36 Å². The molecule has 0 fully saturated rings. The second-order valence-electron chi connectivity index (χ2n) is 3.33. The van der Waals surface area contributed by atoms with E-state index in [9.17, 15) is 8.78 Å². The Bertz CT molecular complexity index is 462. The summed E-state index contributed by atoms with van der Waals surface area (Å²) in [5, 5.41) is 4.95. The number of nitrogens with zero attached hydrogens (tertiary/aromatic N) is 3. The lowest BCUT2D eigenvalue weighted by molar-refractivity contribution is 0.0900. The first kappa shape index (κ1) is 14.0. The standard InChI is InChI=1S/C10H10ClF2N3S/c1-7(17(2)16-6-14)8-3-4-9(15-5-8)10(11,12)13/h3-5,7H,1-2H3. The lowest BCUT2D eigenvalue weighted by Gasteiger charge is -2.12. The second-order valence-corrected chi connectivity index (χ2v) is 5.74. The molecular weight excluding hydrogens is 268 g/mol. The molecule has 0 bridgehead atoms. The number of hydrogen-bond donors (Lipinski definition) is 0. The molecule has 0 N–H and O–H groups in total. The Balaban J connectivity index is 2.97. The zero-order valence-electron chi connectivity index (χ0n) is 9.19. The fourth-order valence-corrected chi connectivity index (χ4v) is 2.09. The molecule has 2 atom stereocenters. The fourth-order valence-electron chi connectivity index (χ4n) is 1.15. The van der Waals surface area contributed by atoms with Crippen LogP contribution in [-0.2, 0) is 16.1 Å². The van der Waals surface area contributed by atoms with E-state index in [1.807, 2.05) is 6.92 Å². The molecule has 1 aromatic heterocycles. The number of halogens is 3. The summed E-state index contributed by atoms with van der Waals surface area (Å²) in [6.07, 6.45) is 4.87. The van der Waals surface area contributed by atoms with E-state index in [4.69, 9.17) is 16.9 Å². The van der Waals surface area contributed by atoms with Gasteiger partial charge in [0, 0.05) is 11.4 Å². The highest BCUT2D eigenvalue weighted by Crippen LogP contribution is 2.31. The summed E-state index contributed by atoms with van der Waals surface area (Å²) in [4.78, 5) is 3.61. The summed E-state index contributed by atoms with van der Waals surface area (Å²) in [5.41, 5.74) is 0.267. The predicted molar refractivity (Wildman–Crippen MR) is 63.7 cm³/mol. The molecule has 0 amide bonds. The van der Waals surface area contributed by atoms with Gasteiger partial charge in [0.2, 0.25) is 6.19 Å². The minimum Gasteiger partial charge on any atom is -0.253 e. The summed E-state index contributed by atoms with van der Waals surface area (Å²) in [5.74, 6) is 0. The number of nitriles is 1. The average Bonchev–Trinajstić information content (AvgIpc) is 2.27. The van der Waals surface area contributed by atoms with Gasteiger partial charge >= 0.3 is 5.38 Å². The highest BCUT2D eigenvalue weighted by atomic mass is 35.5. The molecule has 0 aromatic carbocycles. The van der Waals surface area contributed by atoms with Crippen molar-refractivity contribution >= 4 is 22.3 Å². The predicted octanol–water partition coefficient (Wildman–Crippen LogP) is 3.34. The molecule has 0 spiro atoms. The van der Waals surface area contributed by atoms with Gasteiger partial charge in [-0.2, -0.15) is 18.4 Å². The maximum Gasteiger partial charge on any atom is 0.364 e. The van der Waals surface area contributed by atoms with Gasteiger partial charge in [0.25, 0.3) is 0 Å². The molecule has 1 heterocycles. The van der Waals surface area contributed by atoms with Crippen LogP contribution in [0.3, 0.4) is 0 Å². The third kappa shape index (κ3) is 3.72. The van der Waals surface area contributed by atoms with E-state index >= 15 is 0 Å². The zero-order chi connectivity index (χ0) is 13.1. The molecular formula is C10H10ClF2N3S. The smallest absolute Gasteiger partial charge is 0.253 e. The van der Waals surface area contributed by atoms with Gasteiger partial charge in [-0.1, -0.05) is 16.8 Å². The van der Waals surface area contributed by atoms with E-state index in [0.29, 0.717) is 0 Å². The first-order valence-electron chi connectivity index (χ1n) is 4.64. The molecule has 92 valence electrons. The summed E-state index contributed by atoms with van der Waals surface area (Å²) >= 11 is 4.85. The number of hydrogen-bond acceptors (Lipinski definition) is 3. The van der Waals surface area contributed by atoms with Crippen LogP contribution in [0.5, 0.6) is 0 Å². The van der Waals surface area contributed by atoms with Gasteiger partial charge in [0.05, 0.1) is 0 Å². The molecule has 0 saturated carbocycles. The summed E-state index contributed by atoms with van der Waals surface area (Å²) in [6, 6.07) is 2.71. The molecule has 0 aliphatic heterocycles. The SMILES string of the molecule is CC(c1ccc(C(F)(F)Cl)nc1)S(C)=NC#N. The van der Waals surface area contributed by atoms with Gasteiger partial charge in [0.1, 0.15) is 5.69 Å². The van der Waals surface area contributed by atoms with E-state index < -0.39 is 21.8 Å². The molecule has 0 aliphatic carbocycles. The summed E-state index contributed by atoms with van der Waals surface area (Å²) in [7, 11) is -0.490. The molecule has 17 heavy (non-hydrogen) atoms. The Morgan fingerprint density at radius 3 is 2.65 bits per heavy atom. The Morgan fingerprint density at radius 2 is 2.24 bits per heavy atom. The van der Waals surface area contributed by atoms with Crippen molar-refractivity contribution in [2.75, 3.05) is 6.26 Å². The fraction of sp³-hybridized carbons (Fsp3) is 0.400. The number of aromatic nitrogens is 1. The molecule has 2 unspecified atom stereocenters. The van der Waals surface area contributed by atoms with Crippen molar-refractivity contribution in [1.29, 1.82) is 5.26 Å². The Kier molecular flexibility index (Phi) is 4.54. The maximum atomic E-state index is 12.7. The number of rotatable bonds is 3. The third-order valence-corrected chi connectivity index (χ3v) is 4.10. The van der Waals surface area contributed by atoms with Crippen LogP contribution in [-0.4, -0.2) is 11.2 Å². The van der Waals surface area contributed by atoms with E-state index in [0.717, 1.165) is 5.56 Å². The highest BCUT2D eigenvalue weighted by Gasteiger charge is 2.29. The van der Waals surface area contributed by atoms with Crippen molar-refractivity contribution in [2.45, 2.75) is 17.6 Å². The normalized spacial score (nSPS) is 15.3. The topological polar surface area (TPSA) is 49.0 Å². The first-order valence-corrected chi connectivity index (χ1v) is 6.67. The van der Waals surface area contributed by atoms with Crippen LogP contribution < -0.4 is 0 Å². The van der Waals surface area contributed by atoms with Crippen LogP contribution in [0.2, 0.25) is 0 Å². The second kappa shape index (κ2) is 5.52. The lowest BCUT2D eigenvalue weighted by atomic mass is 10.2. The Morgan fingerprint density at radius 1 is 1.59 bits per heavy atom. The van der Waals surface area contributed by atoms with Gasteiger partial charge in [-0.05, 0) is 36.4 Å². The van der Waals surface area contributed by atoms with Crippen LogP contribution >= 0.6 is 11.6 Å². The molecule has 1 rings (SSSR count). The molecule has 0 aliphatic rings. The van der Waals surface area contributed by atoms with Crippen LogP contribution in [0.25, 0.3) is 0 Å². The molecule has 0 radical (unpaired) electrons. The van der Waals surface area contributed by atoms with Gasteiger partial charge in [-0.25, -0.2) is 0 Å². The molecule has 7 heteroatoms. The van der Waals surface area contributed by atoms with Crippen LogP contribution in [0.15, 0.2) is 22.7 Å². The van der Waals surface area contributed by atoms with E-state index in [1.54, 1.807) is 12.4 Å². The van der Waals surface area contributed by atoms with Crippen molar-refractivity contribution in [3.63, 3.8) is 0 Å². The van der Waals surface area contributed by atoms with E-state index in [-0.39, 0.29) is 5.25 Å². The van der Waals surface area contributed by atoms with Crippen molar-refractivity contribution < 1.29 is 8.78 Å². The average molecular weight is 278 g/mol. The number of alkyl halides is 3. The minimum atomic E-state index is -3.45. The molecule has 1 aromatic rings. The lowest BCUT2D eigenvalue weighted by Crippen LogP contribution is -2.08. The Labute approximate surface area is 106 Å². The van der Waals surface area contributed by atoms with Crippen LogP contribution in [0.1, 0.15) is 23.4 Å². The summed E-state index contributed by atoms with van der Waals surface area (Å²) in [6.45, 7) is 1.86. The first-order chi connectivity index (χ1) is 7.86. The monoisotopic (exact) mass is 277 g/mol. The minimum absolute atomic E-state index is 0.0415. The Hall–Kier alpha value is -1.06.